The molecule has 6 nitrogen and oxygen atoms in total. The van der Waals surface area contributed by atoms with Crippen molar-refractivity contribution in [3.63, 3.8) is 0 Å². The van der Waals surface area contributed by atoms with Gasteiger partial charge in [-0.1, -0.05) is 30.3 Å². The Morgan fingerprint density at radius 2 is 1.77 bits per heavy atom. The minimum atomic E-state index is -3.04. The number of carbonyl (C=O) groups excluding carboxylic acids is 1. The van der Waals surface area contributed by atoms with E-state index in [1.807, 2.05) is 30.3 Å². The molecule has 2 aromatic rings. The first-order valence-electron chi connectivity index (χ1n) is 10.5. The monoisotopic (exact) mass is 447 g/mol. The van der Waals surface area contributed by atoms with Gasteiger partial charge >= 0.3 is 0 Å². The molecule has 0 saturated carbocycles. The quantitative estimate of drug-likeness (QED) is 0.650. The zero-order valence-corrected chi connectivity index (χ0v) is 18.8. The fourth-order valence-corrected chi connectivity index (χ4v) is 6.64. The van der Waals surface area contributed by atoms with Crippen LogP contribution in [0, 0.1) is 0 Å². The van der Waals surface area contributed by atoms with Gasteiger partial charge in [0.25, 0.3) is 0 Å². The number of benzene rings is 1. The Morgan fingerprint density at radius 3 is 2.40 bits per heavy atom. The van der Waals surface area contributed by atoms with Crippen molar-refractivity contribution in [1.29, 1.82) is 0 Å². The van der Waals surface area contributed by atoms with Crippen LogP contribution in [0.2, 0.25) is 0 Å². The number of amides is 1. The van der Waals surface area contributed by atoms with E-state index in [4.69, 9.17) is 0 Å². The molecule has 0 spiro atoms. The van der Waals surface area contributed by atoms with Crippen LogP contribution in [0.4, 0.5) is 0 Å². The molecule has 0 aliphatic carbocycles. The lowest BCUT2D eigenvalue weighted by atomic mass is 10.1. The second-order valence-corrected chi connectivity index (χ2v) is 11.3. The van der Waals surface area contributed by atoms with Crippen molar-refractivity contribution in [1.82, 2.24) is 14.7 Å². The Morgan fingerprint density at radius 1 is 1.03 bits per heavy atom. The lowest BCUT2D eigenvalue weighted by Crippen LogP contribution is -2.51. The van der Waals surface area contributed by atoms with Gasteiger partial charge in [0.05, 0.1) is 18.1 Å². The predicted molar refractivity (Wildman–Crippen MR) is 120 cm³/mol. The predicted octanol–water partition coefficient (Wildman–Crippen LogP) is 2.08. The summed E-state index contributed by atoms with van der Waals surface area (Å²) in [6.45, 7) is 5.40. The van der Waals surface area contributed by atoms with Crippen LogP contribution in [0.1, 0.15) is 17.5 Å². The molecule has 1 aromatic carbocycles. The number of hydrogen-bond acceptors (Lipinski definition) is 6. The molecule has 2 aliphatic rings. The van der Waals surface area contributed by atoms with Crippen LogP contribution in [0.3, 0.4) is 0 Å². The molecule has 30 heavy (non-hydrogen) atoms. The van der Waals surface area contributed by atoms with E-state index in [-0.39, 0.29) is 23.5 Å². The van der Waals surface area contributed by atoms with Crippen molar-refractivity contribution < 1.29 is 13.2 Å². The van der Waals surface area contributed by atoms with Crippen LogP contribution in [0.15, 0.2) is 47.2 Å². The number of carbonyl (C=O) groups is 1. The zero-order chi connectivity index (χ0) is 21.0. The van der Waals surface area contributed by atoms with Crippen molar-refractivity contribution in [2.75, 3.05) is 44.2 Å². The van der Waals surface area contributed by atoms with Crippen LogP contribution < -0.4 is 0 Å². The van der Waals surface area contributed by atoms with Gasteiger partial charge in [-0.2, -0.15) is 11.3 Å². The van der Waals surface area contributed by atoms with Gasteiger partial charge in [-0.3, -0.25) is 14.6 Å². The number of nitrogens with zero attached hydrogens (tertiary/aromatic N) is 3. The maximum atomic E-state index is 13.2. The molecule has 162 valence electrons. The molecule has 0 radical (unpaired) electrons. The smallest absolute Gasteiger partial charge is 0.237 e. The highest BCUT2D eigenvalue weighted by Crippen LogP contribution is 2.21. The van der Waals surface area contributed by atoms with Crippen LogP contribution in [0.25, 0.3) is 0 Å². The third-order valence-electron chi connectivity index (χ3n) is 5.98. The van der Waals surface area contributed by atoms with E-state index in [2.05, 4.69) is 26.6 Å². The standard InChI is InChI=1S/C22H29N3O3S2/c26-22(16-24-10-8-23(9-11-24)14-20-6-12-29-17-20)25(15-19-4-2-1-3-5-19)21-7-13-30(27,28)18-21/h1-6,12,17,21H,7-11,13-16,18H2. The normalized spacial score (nSPS) is 22.2. The third kappa shape index (κ3) is 5.69. The fourth-order valence-electron chi connectivity index (χ4n) is 4.25. The lowest BCUT2D eigenvalue weighted by Gasteiger charge is -2.36. The first kappa shape index (κ1) is 21.5. The van der Waals surface area contributed by atoms with Gasteiger partial charge in [0.2, 0.25) is 5.91 Å². The summed E-state index contributed by atoms with van der Waals surface area (Å²) in [6.07, 6.45) is 0.537. The summed E-state index contributed by atoms with van der Waals surface area (Å²) in [7, 11) is -3.04. The van der Waals surface area contributed by atoms with Crippen LogP contribution in [-0.4, -0.2) is 79.3 Å². The molecule has 2 saturated heterocycles. The molecule has 0 bridgehead atoms. The average molecular weight is 448 g/mol. The van der Waals surface area contributed by atoms with Gasteiger partial charge in [-0.15, -0.1) is 0 Å². The second kappa shape index (κ2) is 9.60. The summed E-state index contributed by atoms with van der Waals surface area (Å²) in [6, 6.07) is 11.8. The van der Waals surface area contributed by atoms with Crippen molar-refractivity contribution in [2.24, 2.45) is 0 Å². The molecule has 8 heteroatoms. The molecule has 1 unspecified atom stereocenters. The lowest BCUT2D eigenvalue weighted by molar-refractivity contribution is -0.135. The molecule has 3 heterocycles. The van der Waals surface area contributed by atoms with Crippen LogP contribution in [0.5, 0.6) is 0 Å². The second-order valence-electron chi connectivity index (χ2n) is 8.25. The highest BCUT2D eigenvalue weighted by molar-refractivity contribution is 7.91. The molecule has 0 N–H and O–H groups in total. The Labute approximate surface area is 183 Å². The van der Waals surface area contributed by atoms with E-state index < -0.39 is 9.84 Å². The molecule has 4 rings (SSSR count). The minimum absolute atomic E-state index is 0.0345. The van der Waals surface area contributed by atoms with E-state index >= 15 is 0 Å². The van der Waals surface area contributed by atoms with Crippen molar-refractivity contribution in [3.05, 3.63) is 58.3 Å². The summed E-state index contributed by atoms with van der Waals surface area (Å²) in [5, 5.41) is 4.29. The zero-order valence-electron chi connectivity index (χ0n) is 17.2. The molecule has 1 amide bonds. The topological polar surface area (TPSA) is 60.9 Å². The Kier molecular flexibility index (Phi) is 6.87. The van der Waals surface area contributed by atoms with Crippen LogP contribution >= 0.6 is 11.3 Å². The Hall–Kier alpha value is -1.74. The SMILES string of the molecule is O=C(CN1CCN(Cc2ccsc2)CC1)N(Cc1ccccc1)C1CCS(=O)(=O)C1. The first-order chi connectivity index (χ1) is 14.5. The average Bonchev–Trinajstić information content (AvgIpc) is 3.37. The maximum Gasteiger partial charge on any atom is 0.237 e. The van der Waals surface area contributed by atoms with Crippen molar-refractivity contribution in [2.45, 2.75) is 25.6 Å². The largest absolute Gasteiger partial charge is 0.333 e. The van der Waals surface area contributed by atoms with Gasteiger partial charge in [0.15, 0.2) is 9.84 Å². The van der Waals surface area contributed by atoms with Crippen LogP contribution in [-0.2, 0) is 27.7 Å². The van der Waals surface area contributed by atoms with E-state index in [9.17, 15) is 13.2 Å². The van der Waals surface area contributed by atoms with Gasteiger partial charge in [-0.25, -0.2) is 8.42 Å². The molecule has 1 aromatic heterocycles. The Bertz CT molecular complexity index is 924. The summed E-state index contributed by atoms with van der Waals surface area (Å²) in [5.41, 5.74) is 2.39. The van der Waals surface area contributed by atoms with Gasteiger partial charge in [0.1, 0.15) is 0 Å². The van der Waals surface area contributed by atoms with Gasteiger partial charge < -0.3 is 4.90 Å². The first-order valence-corrected chi connectivity index (χ1v) is 13.2. The van der Waals surface area contributed by atoms with Crippen molar-refractivity contribution in [3.8, 4) is 0 Å². The highest BCUT2D eigenvalue weighted by Gasteiger charge is 2.35. The number of thiophene rings is 1. The number of piperazine rings is 1. The van der Waals surface area contributed by atoms with E-state index in [1.54, 1.807) is 16.2 Å². The third-order valence-corrected chi connectivity index (χ3v) is 8.46. The maximum absolute atomic E-state index is 13.2. The minimum Gasteiger partial charge on any atom is -0.333 e. The van der Waals surface area contributed by atoms with Crippen molar-refractivity contribution >= 4 is 27.1 Å². The fraction of sp³-hybridized carbons (Fsp3) is 0.500. The van der Waals surface area contributed by atoms with Gasteiger partial charge in [0, 0.05) is 45.3 Å². The molecule has 2 fully saturated rings. The van der Waals surface area contributed by atoms with E-state index in [0.717, 1.165) is 38.3 Å². The number of sulfone groups is 1. The van der Waals surface area contributed by atoms with Gasteiger partial charge in [-0.05, 0) is 34.4 Å². The summed E-state index contributed by atoms with van der Waals surface area (Å²) < 4.78 is 24.0. The number of rotatable bonds is 7. The summed E-state index contributed by atoms with van der Waals surface area (Å²) >= 11 is 1.72. The van der Waals surface area contributed by atoms with E-state index in [0.29, 0.717) is 19.5 Å². The summed E-state index contributed by atoms with van der Waals surface area (Å²) in [4.78, 5) is 19.7. The molecular formula is C22H29N3O3S2. The van der Waals surface area contributed by atoms with E-state index in [1.165, 1.54) is 5.56 Å². The summed E-state index contributed by atoms with van der Waals surface area (Å²) in [5.74, 6) is 0.296. The molecular weight excluding hydrogens is 418 g/mol. The molecule has 2 aliphatic heterocycles. The number of hydrogen-bond donors (Lipinski definition) is 0. The molecule has 1 atom stereocenters. The highest BCUT2D eigenvalue weighted by atomic mass is 32.2. The Balaban J connectivity index is 1.36.